The van der Waals surface area contributed by atoms with Crippen molar-refractivity contribution >= 4 is 28.6 Å². The van der Waals surface area contributed by atoms with Gasteiger partial charge in [-0.1, -0.05) is 42.9 Å². The number of carbonyl (C=O) groups is 1. The fraction of sp³-hybridized carbons (Fsp3) is 0.917. The third-order valence-corrected chi connectivity index (χ3v) is 4.75. The van der Waals surface area contributed by atoms with E-state index in [1.54, 1.807) is 0 Å². The smallest absolute Gasteiger partial charge is 0.306 e. The van der Waals surface area contributed by atoms with E-state index in [0.29, 0.717) is 11.8 Å². The molecule has 0 aromatic rings. The monoisotopic (exact) mass is 322 g/mol. The van der Waals surface area contributed by atoms with Crippen LogP contribution in [0.1, 0.15) is 46.0 Å². The fourth-order valence-electron chi connectivity index (χ4n) is 3.40. The van der Waals surface area contributed by atoms with Gasteiger partial charge in [0.15, 0.2) is 0 Å². The van der Waals surface area contributed by atoms with Crippen molar-refractivity contribution in [3.8, 4) is 0 Å². The largest absolute Gasteiger partial charge is 0.461 e. The number of ether oxygens (including phenoxy) is 1. The molecule has 0 radical (unpaired) electrons. The summed E-state index contributed by atoms with van der Waals surface area (Å²) in [6.07, 6.45) is 5.69. The van der Waals surface area contributed by atoms with Crippen molar-refractivity contribution in [2.45, 2.75) is 52.1 Å². The molecule has 1 saturated carbocycles. The van der Waals surface area contributed by atoms with Gasteiger partial charge >= 0.3 is 5.97 Å². The lowest BCUT2D eigenvalue weighted by molar-refractivity contribution is -0.141. The van der Waals surface area contributed by atoms with Gasteiger partial charge in [0.05, 0.1) is 6.42 Å². The van der Waals surface area contributed by atoms with Crippen molar-refractivity contribution < 1.29 is 9.53 Å². The molecular weight excluding hydrogens is 303 g/mol. The third-order valence-electron chi connectivity index (χ3n) is 3.95. The minimum atomic E-state index is 0.0226. The Hall–Kier alpha value is 0.200. The average molecular weight is 322 g/mol. The van der Waals surface area contributed by atoms with Crippen molar-refractivity contribution in [2.75, 3.05) is 4.43 Å². The van der Waals surface area contributed by atoms with Gasteiger partial charge in [-0.2, -0.15) is 0 Å². The summed E-state index contributed by atoms with van der Waals surface area (Å²) in [5.41, 5.74) is 0.552. The van der Waals surface area contributed by atoms with Crippen LogP contribution in [-0.2, 0) is 9.53 Å². The van der Waals surface area contributed by atoms with Crippen LogP contribution in [0.4, 0.5) is 0 Å². The van der Waals surface area contributed by atoms with Gasteiger partial charge in [0.25, 0.3) is 0 Å². The highest BCUT2D eigenvalue weighted by atomic mass is 127. The van der Waals surface area contributed by atoms with Crippen LogP contribution >= 0.6 is 22.6 Å². The quantitative estimate of drug-likeness (QED) is 0.420. The lowest BCUT2D eigenvalue weighted by atomic mass is 9.61. The van der Waals surface area contributed by atoms with Crippen molar-refractivity contribution in [2.24, 2.45) is 10.8 Å². The number of cyclic esters (lactones) is 1. The first-order valence-corrected chi connectivity index (χ1v) is 7.26. The van der Waals surface area contributed by atoms with Crippen LogP contribution < -0.4 is 0 Å². The molecule has 2 fully saturated rings. The molecule has 3 heteroatoms. The van der Waals surface area contributed by atoms with Crippen LogP contribution in [0.2, 0.25) is 0 Å². The number of hydrogen-bond acceptors (Lipinski definition) is 2. The molecule has 0 N–H and O–H groups in total. The van der Waals surface area contributed by atoms with E-state index in [1.807, 2.05) is 0 Å². The minimum absolute atomic E-state index is 0.0226. The standard InChI is InChI=1S/C12H19IO2/c1-11(2)4-3-5-12(8-11)6-10(14)15-9(12)7-13/h9H,3-8H2,1-2H3. The van der Waals surface area contributed by atoms with E-state index in [4.69, 9.17) is 4.74 Å². The molecule has 1 aliphatic heterocycles. The molecule has 1 spiro atoms. The molecule has 1 saturated heterocycles. The zero-order valence-corrected chi connectivity index (χ0v) is 11.7. The molecule has 2 nitrogen and oxygen atoms in total. The molecule has 1 heterocycles. The van der Waals surface area contributed by atoms with E-state index in [-0.39, 0.29) is 17.5 Å². The van der Waals surface area contributed by atoms with Crippen molar-refractivity contribution in [3.05, 3.63) is 0 Å². The third kappa shape index (κ3) is 2.17. The predicted molar refractivity (Wildman–Crippen MR) is 68.1 cm³/mol. The molecular formula is C12H19IO2. The van der Waals surface area contributed by atoms with Crippen LogP contribution in [0.5, 0.6) is 0 Å². The Kier molecular flexibility index (Phi) is 3.03. The maximum absolute atomic E-state index is 11.5. The first-order valence-electron chi connectivity index (χ1n) is 5.73. The van der Waals surface area contributed by atoms with E-state index < -0.39 is 0 Å². The number of carbonyl (C=O) groups excluding carboxylic acids is 1. The van der Waals surface area contributed by atoms with E-state index in [2.05, 4.69) is 36.4 Å². The van der Waals surface area contributed by atoms with Crippen LogP contribution in [-0.4, -0.2) is 16.5 Å². The van der Waals surface area contributed by atoms with Gasteiger partial charge in [0, 0.05) is 9.84 Å². The van der Waals surface area contributed by atoms with Gasteiger partial charge < -0.3 is 4.74 Å². The second-order valence-electron chi connectivity index (χ2n) is 5.87. The fourth-order valence-corrected chi connectivity index (χ4v) is 4.51. The number of halogens is 1. The topological polar surface area (TPSA) is 26.3 Å². The number of hydrogen-bond donors (Lipinski definition) is 0. The summed E-state index contributed by atoms with van der Waals surface area (Å²) in [5, 5.41) is 0. The Morgan fingerprint density at radius 1 is 1.47 bits per heavy atom. The van der Waals surface area contributed by atoms with Crippen molar-refractivity contribution in [1.82, 2.24) is 0 Å². The summed E-state index contributed by atoms with van der Waals surface area (Å²) in [6, 6.07) is 0. The number of esters is 1. The van der Waals surface area contributed by atoms with Crippen LogP contribution in [0.15, 0.2) is 0 Å². The van der Waals surface area contributed by atoms with Crippen LogP contribution in [0.3, 0.4) is 0 Å². The van der Waals surface area contributed by atoms with Crippen LogP contribution in [0, 0.1) is 10.8 Å². The lowest BCUT2D eigenvalue weighted by Crippen LogP contribution is -2.40. The highest BCUT2D eigenvalue weighted by molar-refractivity contribution is 14.1. The molecule has 0 bridgehead atoms. The average Bonchev–Trinajstić information content (AvgIpc) is 2.39. The Morgan fingerprint density at radius 2 is 2.20 bits per heavy atom. The molecule has 86 valence electrons. The second kappa shape index (κ2) is 3.90. The first-order chi connectivity index (χ1) is 6.97. The van der Waals surface area contributed by atoms with Crippen molar-refractivity contribution in [3.63, 3.8) is 0 Å². The van der Waals surface area contributed by atoms with Crippen molar-refractivity contribution in [1.29, 1.82) is 0 Å². The van der Waals surface area contributed by atoms with Gasteiger partial charge in [-0.05, 0) is 24.7 Å². The van der Waals surface area contributed by atoms with Gasteiger partial charge in [-0.25, -0.2) is 0 Å². The molecule has 2 aliphatic rings. The Bertz CT molecular complexity index is 275. The van der Waals surface area contributed by atoms with E-state index in [1.165, 1.54) is 19.3 Å². The first kappa shape index (κ1) is 11.7. The molecule has 2 unspecified atom stereocenters. The summed E-state index contributed by atoms with van der Waals surface area (Å²) in [5.74, 6) is 0.0226. The molecule has 2 atom stereocenters. The summed E-state index contributed by atoms with van der Waals surface area (Å²) >= 11 is 2.35. The van der Waals surface area contributed by atoms with E-state index in [9.17, 15) is 4.79 Å². The summed E-state index contributed by atoms with van der Waals surface area (Å²) in [7, 11) is 0. The zero-order valence-electron chi connectivity index (χ0n) is 9.51. The Labute approximate surface area is 105 Å². The lowest BCUT2D eigenvalue weighted by Gasteiger charge is -2.43. The summed E-state index contributed by atoms with van der Waals surface area (Å²) in [6.45, 7) is 4.64. The van der Waals surface area contributed by atoms with Gasteiger partial charge in [-0.3, -0.25) is 4.79 Å². The molecule has 1 aliphatic carbocycles. The predicted octanol–water partition coefficient (Wildman–Crippen LogP) is 3.32. The highest BCUT2D eigenvalue weighted by Gasteiger charge is 2.52. The molecule has 0 amide bonds. The summed E-state index contributed by atoms with van der Waals surface area (Å²) < 4.78 is 6.39. The molecule has 15 heavy (non-hydrogen) atoms. The molecule has 0 aromatic carbocycles. The summed E-state index contributed by atoms with van der Waals surface area (Å²) in [4.78, 5) is 11.5. The normalized spacial score (nSPS) is 39.4. The zero-order chi connectivity index (χ0) is 11.1. The minimum Gasteiger partial charge on any atom is -0.461 e. The number of alkyl halides is 1. The second-order valence-corrected chi connectivity index (χ2v) is 6.75. The Morgan fingerprint density at radius 3 is 2.80 bits per heavy atom. The van der Waals surface area contributed by atoms with Gasteiger partial charge in [0.1, 0.15) is 6.10 Å². The van der Waals surface area contributed by atoms with Gasteiger partial charge in [-0.15, -0.1) is 0 Å². The molecule has 2 rings (SSSR count). The maximum atomic E-state index is 11.5. The van der Waals surface area contributed by atoms with Gasteiger partial charge in [0.2, 0.25) is 0 Å². The SMILES string of the molecule is CC1(C)CCCC2(CC(=O)OC2CI)C1. The van der Waals surface area contributed by atoms with E-state index in [0.717, 1.165) is 10.8 Å². The van der Waals surface area contributed by atoms with E-state index >= 15 is 0 Å². The Balaban J connectivity index is 2.20. The number of rotatable bonds is 1. The molecule has 0 aromatic heterocycles. The highest BCUT2D eigenvalue weighted by Crippen LogP contribution is 2.53. The van der Waals surface area contributed by atoms with Crippen LogP contribution in [0.25, 0.3) is 0 Å². The maximum Gasteiger partial charge on any atom is 0.306 e.